The molecule has 2 heteroatoms. The van der Waals surface area contributed by atoms with Gasteiger partial charge in [0.05, 0.1) is 0 Å². The molecule has 0 N–H and O–H groups in total. The van der Waals surface area contributed by atoms with E-state index in [-0.39, 0.29) is 17.0 Å². The molecule has 12 heavy (non-hydrogen) atoms. The molecule has 0 heterocycles. The molecule has 0 aromatic heterocycles. The molecule has 2 nitrogen and oxygen atoms in total. The Labute approximate surface area is 73.3 Å². The van der Waals surface area contributed by atoms with Gasteiger partial charge in [0.25, 0.3) is 0 Å². The highest BCUT2D eigenvalue weighted by atomic mass is 16.1. The molecule has 1 unspecified atom stereocenters. The van der Waals surface area contributed by atoms with Gasteiger partial charge >= 0.3 is 0 Å². The lowest BCUT2D eigenvalue weighted by Crippen LogP contribution is -2.36. The van der Waals surface area contributed by atoms with Crippen molar-refractivity contribution in [1.29, 1.82) is 0 Å². The zero-order valence-corrected chi connectivity index (χ0v) is 8.23. The minimum Gasteiger partial charge on any atom is -0.300 e. The van der Waals surface area contributed by atoms with Crippen LogP contribution in [0.2, 0.25) is 0 Å². The highest BCUT2D eigenvalue weighted by molar-refractivity contribution is 5.94. The molecule has 68 valence electrons. The first kappa shape index (κ1) is 9.43. The third kappa shape index (κ3) is 1.10. The Morgan fingerprint density at radius 3 is 1.92 bits per heavy atom. The summed E-state index contributed by atoms with van der Waals surface area (Å²) >= 11 is 0. The fourth-order valence-electron chi connectivity index (χ4n) is 1.99. The maximum Gasteiger partial charge on any atom is 0.136 e. The van der Waals surface area contributed by atoms with Gasteiger partial charge in [-0.3, -0.25) is 9.59 Å². The van der Waals surface area contributed by atoms with Crippen LogP contribution in [0.3, 0.4) is 0 Å². The molecular weight excluding hydrogens is 152 g/mol. The lowest BCUT2D eigenvalue weighted by Gasteiger charge is -2.34. The van der Waals surface area contributed by atoms with Gasteiger partial charge in [-0.05, 0) is 12.3 Å². The van der Waals surface area contributed by atoms with E-state index in [4.69, 9.17) is 0 Å². The molecule has 1 rings (SSSR count). The SMILES string of the molecule is CC(=O)C1(C)CC(=O)CC1(C)C. The lowest BCUT2D eigenvalue weighted by atomic mass is 9.67. The Morgan fingerprint density at radius 2 is 1.75 bits per heavy atom. The van der Waals surface area contributed by atoms with Crippen molar-refractivity contribution in [2.75, 3.05) is 0 Å². The van der Waals surface area contributed by atoms with Crippen molar-refractivity contribution in [2.45, 2.75) is 40.5 Å². The Hall–Kier alpha value is -0.660. The van der Waals surface area contributed by atoms with E-state index in [1.807, 2.05) is 20.8 Å². The van der Waals surface area contributed by atoms with E-state index in [1.165, 1.54) is 0 Å². The van der Waals surface area contributed by atoms with Gasteiger partial charge < -0.3 is 0 Å². The van der Waals surface area contributed by atoms with Crippen LogP contribution in [-0.4, -0.2) is 11.6 Å². The number of rotatable bonds is 1. The fraction of sp³-hybridized carbons (Fsp3) is 0.800. The van der Waals surface area contributed by atoms with E-state index in [9.17, 15) is 9.59 Å². The molecule has 0 bridgehead atoms. The van der Waals surface area contributed by atoms with Crippen LogP contribution >= 0.6 is 0 Å². The summed E-state index contributed by atoms with van der Waals surface area (Å²) < 4.78 is 0. The van der Waals surface area contributed by atoms with Crippen LogP contribution in [-0.2, 0) is 9.59 Å². The van der Waals surface area contributed by atoms with Crippen LogP contribution in [0, 0.1) is 10.8 Å². The Bertz CT molecular complexity index is 240. The third-order valence-corrected chi connectivity index (χ3v) is 3.46. The Kier molecular flexibility index (Phi) is 1.89. The summed E-state index contributed by atoms with van der Waals surface area (Å²) in [4.78, 5) is 22.6. The van der Waals surface area contributed by atoms with Gasteiger partial charge in [-0.25, -0.2) is 0 Å². The average molecular weight is 168 g/mol. The third-order valence-electron chi connectivity index (χ3n) is 3.46. The highest BCUT2D eigenvalue weighted by Crippen LogP contribution is 2.51. The molecule has 0 spiro atoms. The van der Waals surface area contributed by atoms with E-state index < -0.39 is 5.41 Å². The van der Waals surface area contributed by atoms with Crippen LogP contribution in [0.1, 0.15) is 40.5 Å². The van der Waals surface area contributed by atoms with Crippen molar-refractivity contribution in [1.82, 2.24) is 0 Å². The smallest absolute Gasteiger partial charge is 0.136 e. The number of carbonyl (C=O) groups is 2. The minimum absolute atomic E-state index is 0.137. The lowest BCUT2D eigenvalue weighted by molar-refractivity contribution is -0.131. The van der Waals surface area contributed by atoms with Crippen molar-refractivity contribution < 1.29 is 9.59 Å². The van der Waals surface area contributed by atoms with Crippen molar-refractivity contribution in [3.63, 3.8) is 0 Å². The quantitative estimate of drug-likeness (QED) is 0.600. The van der Waals surface area contributed by atoms with E-state index in [0.717, 1.165) is 0 Å². The molecule has 0 aliphatic heterocycles. The van der Waals surface area contributed by atoms with Gasteiger partial charge in [0.1, 0.15) is 11.6 Å². The topological polar surface area (TPSA) is 34.1 Å². The number of hydrogen-bond donors (Lipinski definition) is 0. The molecule has 0 saturated heterocycles. The second kappa shape index (κ2) is 2.41. The molecule has 1 saturated carbocycles. The second-order valence-corrected chi connectivity index (χ2v) is 4.66. The summed E-state index contributed by atoms with van der Waals surface area (Å²) in [7, 11) is 0. The van der Waals surface area contributed by atoms with Crippen LogP contribution in [0.4, 0.5) is 0 Å². The predicted molar refractivity (Wildman–Crippen MR) is 46.8 cm³/mol. The molecule has 0 aromatic rings. The molecule has 0 amide bonds. The molecular formula is C10H16O2. The fourth-order valence-corrected chi connectivity index (χ4v) is 1.99. The van der Waals surface area contributed by atoms with Gasteiger partial charge in [0.2, 0.25) is 0 Å². The van der Waals surface area contributed by atoms with E-state index in [0.29, 0.717) is 12.8 Å². The molecule has 1 aliphatic rings. The molecule has 0 aromatic carbocycles. The van der Waals surface area contributed by atoms with Crippen LogP contribution < -0.4 is 0 Å². The zero-order valence-electron chi connectivity index (χ0n) is 8.23. The molecule has 1 fully saturated rings. The van der Waals surface area contributed by atoms with Gasteiger partial charge in [0, 0.05) is 18.3 Å². The van der Waals surface area contributed by atoms with Gasteiger partial charge in [0.15, 0.2) is 0 Å². The first-order valence-corrected chi connectivity index (χ1v) is 4.32. The monoisotopic (exact) mass is 168 g/mol. The summed E-state index contributed by atoms with van der Waals surface area (Å²) in [5, 5.41) is 0. The van der Waals surface area contributed by atoms with Crippen molar-refractivity contribution in [2.24, 2.45) is 10.8 Å². The average Bonchev–Trinajstić information content (AvgIpc) is 2.02. The van der Waals surface area contributed by atoms with Crippen LogP contribution in [0.25, 0.3) is 0 Å². The molecule has 0 radical (unpaired) electrons. The van der Waals surface area contributed by atoms with Crippen LogP contribution in [0.15, 0.2) is 0 Å². The van der Waals surface area contributed by atoms with Gasteiger partial charge in [-0.2, -0.15) is 0 Å². The summed E-state index contributed by atoms with van der Waals surface area (Å²) in [6.45, 7) is 7.49. The van der Waals surface area contributed by atoms with Gasteiger partial charge in [-0.1, -0.05) is 20.8 Å². The van der Waals surface area contributed by atoms with Crippen LogP contribution in [0.5, 0.6) is 0 Å². The number of carbonyl (C=O) groups excluding carboxylic acids is 2. The standard InChI is InChI=1S/C10H16O2/c1-7(11)10(4)6-8(12)5-9(10,2)3/h5-6H2,1-4H3. The first-order valence-electron chi connectivity index (χ1n) is 4.32. The zero-order chi connectivity index (χ0) is 9.57. The number of ketones is 2. The predicted octanol–water partition coefficient (Wildman–Crippen LogP) is 1.97. The maximum atomic E-state index is 11.4. The number of Topliss-reactive ketones (excluding diaryl/α,β-unsaturated/α-hetero) is 2. The normalized spacial score (nSPS) is 33.8. The van der Waals surface area contributed by atoms with Gasteiger partial charge in [-0.15, -0.1) is 0 Å². The Morgan fingerprint density at radius 1 is 1.25 bits per heavy atom. The van der Waals surface area contributed by atoms with E-state index in [2.05, 4.69) is 0 Å². The van der Waals surface area contributed by atoms with E-state index >= 15 is 0 Å². The summed E-state index contributed by atoms with van der Waals surface area (Å²) in [5.74, 6) is 0.357. The maximum absolute atomic E-state index is 11.4. The first-order chi connectivity index (χ1) is 5.29. The van der Waals surface area contributed by atoms with E-state index in [1.54, 1.807) is 6.92 Å². The molecule has 1 atom stereocenters. The van der Waals surface area contributed by atoms with Crippen molar-refractivity contribution in [3.05, 3.63) is 0 Å². The Balaban J connectivity index is 3.05. The summed E-state index contributed by atoms with van der Waals surface area (Å²) in [6, 6.07) is 0. The molecule has 1 aliphatic carbocycles. The largest absolute Gasteiger partial charge is 0.300 e. The highest BCUT2D eigenvalue weighted by Gasteiger charge is 2.52. The second-order valence-electron chi connectivity index (χ2n) is 4.66. The van der Waals surface area contributed by atoms with Crippen molar-refractivity contribution >= 4 is 11.6 Å². The minimum atomic E-state index is -0.427. The summed E-state index contributed by atoms with van der Waals surface area (Å²) in [6.07, 6.45) is 0.971. The summed E-state index contributed by atoms with van der Waals surface area (Å²) in [5.41, 5.74) is -0.583. The number of hydrogen-bond acceptors (Lipinski definition) is 2. The van der Waals surface area contributed by atoms with Crippen molar-refractivity contribution in [3.8, 4) is 0 Å².